The van der Waals surface area contributed by atoms with E-state index in [1.807, 2.05) is 60.3 Å². The van der Waals surface area contributed by atoms with Crippen LogP contribution in [0.5, 0.6) is 0 Å². The first-order chi connectivity index (χ1) is 11.0. The number of rotatable bonds is 3. The molecule has 0 fully saturated rings. The van der Waals surface area contributed by atoms with Crippen LogP contribution in [0.4, 0.5) is 5.69 Å². The number of hydrogen-bond acceptors (Lipinski definition) is 1. The molecule has 1 heterocycles. The lowest BCUT2D eigenvalue weighted by Gasteiger charge is -2.10. The van der Waals surface area contributed by atoms with Gasteiger partial charge in [-0.1, -0.05) is 47.5 Å². The van der Waals surface area contributed by atoms with Crippen LogP contribution < -0.4 is 9.88 Å². The molecule has 2 aromatic carbocycles. The lowest BCUT2D eigenvalue weighted by molar-refractivity contribution is -0.682. The molecular formula is C18H15Cl2N2O+. The smallest absolute Gasteiger partial charge is 0.290 e. The Labute approximate surface area is 144 Å². The van der Waals surface area contributed by atoms with Gasteiger partial charge in [0.2, 0.25) is 6.54 Å². The third-order valence-electron chi connectivity index (χ3n) is 3.62. The zero-order valence-electron chi connectivity index (χ0n) is 12.5. The van der Waals surface area contributed by atoms with E-state index in [1.165, 1.54) is 0 Å². The Morgan fingerprint density at radius 2 is 1.83 bits per heavy atom. The molecule has 0 saturated carbocycles. The molecule has 0 unspecified atom stereocenters. The maximum atomic E-state index is 12.3. The van der Waals surface area contributed by atoms with Crippen LogP contribution in [-0.4, -0.2) is 5.91 Å². The second-order valence-electron chi connectivity index (χ2n) is 5.35. The average molecular weight is 346 g/mol. The topological polar surface area (TPSA) is 33.0 Å². The number of aryl methyl sites for hydroxylation is 1. The summed E-state index contributed by atoms with van der Waals surface area (Å²) >= 11 is 12.3. The van der Waals surface area contributed by atoms with Crippen molar-refractivity contribution in [1.82, 2.24) is 0 Å². The van der Waals surface area contributed by atoms with E-state index in [0.29, 0.717) is 15.7 Å². The van der Waals surface area contributed by atoms with E-state index in [4.69, 9.17) is 23.2 Å². The Morgan fingerprint density at radius 1 is 1.09 bits per heavy atom. The van der Waals surface area contributed by atoms with Gasteiger partial charge in [0.25, 0.3) is 5.91 Å². The van der Waals surface area contributed by atoms with Gasteiger partial charge < -0.3 is 5.32 Å². The van der Waals surface area contributed by atoms with Crippen LogP contribution in [0.2, 0.25) is 10.0 Å². The summed E-state index contributed by atoms with van der Waals surface area (Å²) in [6, 6.07) is 13.5. The molecule has 0 radical (unpaired) electrons. The Bertz CT molecular complexity index is 893. The molecule has 0 aliphatic rings. The molecule has 1 aromatic heterocycles. The fourth-order valence-corrected chi connectivity index (χ4v) is 2.86. The number of fused-ring (bicyclic) bond motifs is 1. The number of pyridine rings is 1. The minimum Gasteiger partial charge on any atom is -0.318 e. The number of nitrogens with zero attached hydrogens (tertiary/aromatic N) is 1. The van der Waals surface area contributed by atoms with Crippen LogP contribution in [0.1, 0.15) is 5.56 Å². The number of hydrogen-bond donors (Lipinski definition) is 1. The summed E-state index contributed by atoms with van der Waals surface area (Å²) in [5, 5.41) is 5.90. The highest BCUT2D eigenvalue weighted by Crippen LogP contribution is 2.32. The van der Waals surface area contributed by atoms with Gasteiger partial charge in [-0.05, 0) is 30.0 Å². The molecule has 0 spiro atoms. The molecular weight excluding hydrogens is 331 g/mol. The summed E-state index contributed by atoms with van der Waals surface area (Å²) in [5.41, 5.74) is 1.32. The predicted octanol–water partition coefficient (Wildman–Crippen LogP) is 4.38. The normalized spacial score (nSPS) is 10.7. The van der Waals surface area contributed by atoms with Crippen molar-refractivity contribution in [2.24, 2.45) is 0 Å². The molecule has 3 rings (SSSR count). The van der Waals surface area contributed by atoms with E-state index >= 15 is 0 Å². The number of halogens is 2. The van der Waals surface area contributed by atoms with Crippen molar-refractivity contribution in [3.05, 3.63) is 70.5 Å². The second kappa shape index (κ2) is 6.57. The van der Waals surface area contributed by atoms with Crippen molar-refractivity contribution < 1.29 is 9.36 Å². The Kier molecular flexibility index (Phi) is 4.51. The van der Waals surface area contributed by atoms with E-state index in [-0.39, 0.29) is 12.5 Å². The SMILES string of the molecule is Cc1ccc(Cl)c(NC(=O)C[n+]2ccc3ccccc3c2)c1Cl. The molecule has 0 aliphatic heterocycles. The number of aromatic nitrogens is 1. The van der Waals surface area contributed by atoms with Crippen molar-refractivity contribution in [1.29, 1.82) is 0 Å². The zero-order valence-corrected chi connectivity index (χ0v) is 14.0. The predicted molar refractivity (Wildman–Crippen MR) is 94.0 cm³/mol. The fraction of sp³-hybridized carbons (Fsp3) is 0.111. The van der Waals surface area contributed by atoms with Gasteiger partial charge in [0.05, 0.1) is 15.7 Å². The molecule has 0 saturated heterocycles. The van der Waals surface area contributed by atoms with Crippen molar-refractivity contribution >= 4 is 45.6 Å². The minimum absolute atomic E-state index is 0.181. The second-order valence-corrected chi connectivity index (χ2v) is 6.13. The number of anilines is 1. The van der Waals surface area contributed by atoms with Gasteiger partial charge in [-0.15, -0.1) is 0 Å². The number of carbonyl (C=O) groups excluding carboxylic acids is 1. The molecule has 1 amide bonds. The summed E-state index contributed by atoms with van der Waals surface area (Å²) in [5.74, 6) is -0.181. The van der Waals surface area contributed by atoms with Gasteiger partial charge in [0.1, 0.15) is 0 Å². The molecule has 0 aliphatic carbocycles. The Balaban J connectivity index is 1.80. The number of carbonyl (C=O) groups is 1. The van der Waals surface area contributed by atoms with Crippen molar-refractivity contribution in [2.75, 3.05) is 5.32 Å². The number of amides is 1. The highest BCUT2D eigenvalue weighted by atomic mass is 35.5. The van der Waals surface area contributed by atoms with Crippen LogP contribution in [0.3, 0.4) is 0 Å². The van der Waals surface area contributed by atoms with Crippen LogP contribution in [0.25, 0.3) is 10.8 Å². The van der Waals surface area contributed by atoms with Crippen molar-refractivity contribution in [2.45, 2.75) is 13.5 Å². The minimum atomic E-state index is -0.181. The van der Waals surface area contributed by atoms with Gasteiger partial charge in [-0.25, -0.2) is 0 Å². The molecule has 116 valence electrons. The average Bonchev–Trinajstić information content (AvgIpc) is 2.55. The van der Waals surface area contributed by atoms with Crippen molar-refractivity contribution in [3.63, 3.8) is 0 Å². The van der Waals surface area contributed by atoms with E-state index in [0.717, 1.165) is 16.3 Å². The van der Waals surface area contributed by atoms with Gasteiger partial charge in [-0.3, -0.25) is 4.79 Å². The largest absolute Gasteiger partial charge is 0.318 e. The van der Waals surface area contributed by atoms with Gasteiger partial charge in [-0.2, -0.15) is 4.57 Å². The third-order valence-corrected chi connectivity index (χ3v) is 4.42. The zero-order chi connectivity index (χ0) is 16.4. The van der Waals surface area contributed by atoms with Crippen LogP contribution in [-0.2, 0) is 11.3 Å². The lowest BCUT2D eigenvalue weighted by atomic mass is 10.2. The quantitative estimate of drug-likeness (QED) is 0.702. The van der Waals surface area contributed by atoms with Crippen LogP contribution in [0, 0.1) is 6.92 Å². The summed E-state index contributed by atoms with van der Waals surface area (Å²) in [4.78, 5) is 12.3. The molecule has 5 heteroatoms. The molecule has 3 nitrogen and oxygen atoms in total. The van der Waals surface area contributed by atoms with Gasteiger partial charge in [0, 0.05) is 11.5 Å². The number of nitrogens with one attached hydrogen (secondary N) is 1. The van der Waals surface area contributed by atoms with E-state index in [1.54, 1.807) is 6.07 Å². The van der Waals surface area contributed by atoms with E-state index in [2.05, 4.69) is 5.32 Å². The maximum Gasteiger partial charge on any atom is 0.290 e. The maximum absolute atomic E-state index is 12.3. The van der Waals surface area contributed by atoms with Gasteiger partial charge >= 0.3 is 0 Å². The lowest BCUT2D eigenvalue weighted by Crippen LogP contribution is -2.39. The molecule has 0 atom stereocenters. The first-order valence-corrected chi connectivity index (χ1v) is 7.92. The summed E-state index contributed by atoms with van der Waals surface area (Å²) in [6.07, 6.45) is 3.82. The monoisotopic (exact) mass is 345 g/mol. The molecule has 23 heavy (non-hydrogen) atoms. The standard InChI is InChI=1S/C18H14Cl2N2O/c1-12-6-7-15(19)18(17(12)20)21-16(23)11-22-9-8-13-4-2-3-5-14(13)10-22/h2-10H,11H2,1H3/p+1. The Morgan fingerprint density at radius 3 is 2.61 bits per heavy atom. The van der Waals surface area contributed by atoms with Crippen molar-refractivity contribution in [3.8, 4) is 0 Å². The first kappa shape index (κ1) is 15.8. The molecule has 1 N–H and O–H groups in total. The Hall–Kier alpha value is -2.10. The fourth-order valence-electron chi connectivity index (χ4n) is 2.39. The summed E-state index contributed by atoms with van der Waals surface area (Å²) in [7, 11) is 0. The highest BCUT2D eigenvalue weighted by Gasteiger charge is 2.15. The first-order valence-electron chi connectivity index (χ1n) is 7.17. The third kappa shape index (κ3) is 3.46. The van der Waals surface area contributed by atoms with Crippen LogP contribution >= 0.6 is 23.2 Å². The number of benzene rings is 2. The van der Waals surface area contributed by atoms with E-state index in [9.17, 15) is 4.79 Å². The van der Waals surface area contributed by atoms with Gasteiger partial charge in [0.15, 0.2) is 12.4 Å². The van der Waals surface area contributed by atoms with E-state index < -0.39 is 0 Å². The summed E-state index contributed by atoms with van der Waals surface area (Å²) in [6.45, 7) is 2.05. The summed E-state index contributed by atoms with van der Waals surface area (Å²) < 4.78 is 1.83. The van der Waals surface area contributed by atoms with Crippen LogP contribution in [0.15, 0.2) is 54.9 Å². The highest BCUT2D eigenvalue weighted by molar-refractivity contribution is 6.40. The molecule has 3 aromatic rings. The molecule has 0 bridgehead atoms.